The van der Waals surface area contributed by atoms with E-state index >= 15 is 0 Å². The summed E-state index contributed by atoms with van der Waals surface area (Å²) in [7, 11) is 2.04. The SMILES string of the molecule is CN1CC(O)([C@@H]2CCCCN2[C@H](CO)c2ccccc2)C1. The number of likely N-dealkylation sites (N-methyl/N-ethyl adjacent to an activating group) is 1. The molecule has 0 spiro atoms. The Morgan fingerprint density at radius 1 is 1.24 bits per heavy atom. The van der Waals surface area contributed by atoms with Gasteiger partial charge in [0, 0.05) is 19.1 Å². The molecular formula is C17H26N2O2. The Bertz CT molecular complexity index is 459. The summed E-state index contributed by atoms with van der Waals surface area (Å²) in [5.41, 5.74) is 0.528. The molecule has 0 aromatic heterocycles. The summed E-state index contributed by atoms with van der Waals surface area (Å²) in [4.78, 5) is 4.50. The van der Waals surface area contributed by atoms with Crippen molar-refractivity contribution in [1.82, 2.24) is 9.80 Å². The molecule has 21 heavy (non-hydrogen) atoms. The van der Waals surface area contributed by atoms with Crippen LogP contribution in [0.25, 0.3) is 0 Å². The second-order valence-corrected chi connectivity index (χ2v) is 6.63. The van der Waals surface area contributed by atoms with Gasteiger partial charge in [-0.2, -0.15) is 0 Å². The van der Waals surface area contributed by atoms with E-state index in [4.69, 9.17) is 0 Å². The normalized spacial score (nSPS) is 28.0. The minimum Gasteiger partial charge on any atom is -0.394 e. The quantitative estimate of drug-likeness (QED) is 0.876. The fraction of sp³-hybridized carbons (Fsp3) is 0.647. The van der Waals surface area contributed by atoms with Crippen molar-refractivity contribution in [3.63, 3.8) is 0 Å². The molecule has 2 aliphatic heterocycles. The van der Waals surface area contributed by atoms with Gasteiger partial charge in [-0.1, -0.05) is 36.8 Å². The van der Waals surface area contributed by atoms with Crippen LogP contribution in [0.4, 0.5) is 0 Å². The van der Waals surface area contributed by atoms with Crippen molar-refractivity contribution < 1.29 is 10.2 Å². The fourth-order valence-corrected chi connectivity index (χ4v) is 4.08. The molecule has 116 valence electrons. The highest BCUT2D eigenvalue weighted by Crippen LogP contribution is 2.37. The van der Waals surface area contributed by atoms with Crippen LogP contribution in [0, 0.1) is 0 Å². The van der Waals surface area contributed by atoms with Gasteiger partial charge in [0.2, 0.25) is 0 Å². The second kappa shape index (κ2) is 6.05. The zero-order valence-corrected chi connectivity index (χ0v) is 12.8. The lowest BCUT2D eigenvalue weighted by Crippen LogP contribution is -2.70. The largest absolute Gasteiger partial charge is 0.394 e. The van der Waals surface area contributed by atoms with Gasteiger partial charge in [-0.15, -0.1) is 0 Å². The maximum atomic E-state index is 10.9. The van der Waals surface area contributed by atoms with Crippen molar-refractivity contribution in [1.29, 1.82) is 0 Å². The van der Waals surface area contributed by atoms with Gasteiger partial charge in [-0.25, -0.2) is 0 Å². The Hall–Kier alpha value is -0.940. The van der Waals surface area contributed by atoms with E-state index < -0.39 is 5.60 Å². The Morgan fingerprint density at radius 2 is 1.95 bits per heavy atom. The van der Waals surface area contributed by atoms with E-state index in [1.807, 2.05) is 25.2 Å². The van der Waals surface area contributed by atoms with E-state index in [-0.39, 0.29) is 18.7 Å². The lowest BCUT2D eigenvalue weighted by molar-refractivity contribution is -0.156. The zero-order chi connectivity index (χ0) is 14.9. The first-order chi connectivity index (χ1) is 10.1. The minimum absolute atomic E-state index is 0.00793. The molecule has 0 radical (unpaired) electrons. The Balaban J connectivity index is 1.83. The van der Waals surface area contributed by atoms with Crippen LogP contribution in [0.3, 0.4) is 0 Å². The van der Waals surface area contributed by atoms with E-state index in [9.17, 15) is 10.2 Å². The third-order valence-corrected chi connectivity index (χ3v) is 5.01. The molecule has 2 heterocycles. The summed E-state index contributed by atoms with van der Waals surface area (Å²) in [6.07, 6.45) is 3.33. The molecule has 3 rings (SSSR count). The van der Waals surface area contributed by atoms with Crippen molar-refractivity contribution in [2.24, 2.45) is 0 Å². The summed E-state index contributed by atoms with van der Waals surface area (Å²) in [5, 5.41) is 20.8. The molecule has 2 atom stereocenters. The first-order valence-corrected chi connectivity index (χ1v) is 7.96. The molecular weight excluding hydrogens is 264 g/mol. The highest BCUT2D eigenvalue weighted by atomic mass is 16.3. The topological polar surface area (TPSA) is 46.9 Å². The molecule has 2 fully saturated rings. The number of likely N-dealkylation sites (tertiary alicyclic amines) is 2. The summed E-state index contributed by atoms with van der Waals surface area (Å²) in [6, 6.07) is 10.3. The number of nitrogens with zero attached hydrogens (tertiary/aromatic N) is 2. The van der Waals surface area contributed by atoms with Crippen LogP contribution in [0.15, 0.2) is 30.3 Å². The molecule has 0 amide bonds. The fourth-order valence-electron chi connectivity index (χ4n) is 4.08. The van der Waals surface area contributed by atoms with Gasteiger partial charge in [0.25, 0.3) is 0 Å². The van der Waals surface area contributed by atoms with Gasteiger partial charge < -0.3 is 15.1 Å². The van der Waals surface area contributed by atoms with Gasteiger partial charge in [0.15, 0.2) is 0 Å². The van der Waals surface area contributed by atoms with Crippen molar-refractivity contribution in [3.8, 4) is 0 Å². The van der Waals surface area contributed by atoms with Gasteiger partial charge in [-0.05, 0) is 32.0 Å². The predicted molar refractivity (Wildman–Crippen MR) is 83.1 cm³/mol. The molecule has 2 N–H and O–H groups in total. The minimum atomic E-state index is -0.614. The molecule has 2 saturated heterocycles. The monoisotopic (exact) mass is 290 g/mol. The first kappa shape index (κ1) is 15.0. The number of hydrogen-bond acceptors (Lipinski definition) is 4. The second-order valence-electron chi connectivity index (χ2n) is 6.63. The maximum absolute atomic E-state index is 10.9. The lowest BCUT2D eigenvalue weighted by Gasteiger charge is -2.55. The van der Waals surface area contributed by atoms with Crippen LogP contribution >= 0.6 is 0 Å². The highest BCUT2D eigenvalue weighted by molar-refractivity contribution is 5.20. The van der Waals surface area contributed by atoms with Crippen LogP contribution in [0.1, 0.15) is 30.9 Å². The number of aliphatic hydroxyl groups is 2. The average molecular weight is 290 g/mol. The van der Waals surface area contributed by atoms with Crippen molar-refractivity contribution in [3.05, 3.63) is 35.9 Å². The smallest absolute Gasteiger partial charge is 0.105 e. The van der Waals surface area contributed by atoms with E-state index in [2.05, 4.69) is 21.9 Å². The number of hydrogen-bond donors (Lipinski definition) is 2. The molecule has 0 aliphatic carbocycles. The van der Waals surface area contributed by atoms with Crippen molar-refractivity contribution in [2.75, 3.05) is 33.3 Å². The third kappa shape index (κ3) is 2.86. The first-order valence-electron chi connectivity index (χ1n) is 7.96. The number of benzene rings is 1. The van der Waals surface area contributed by atoms with Crippen LogP contribution in [0.2, 0.25) is 0 Å². The number of β-amino-alcohol motifs (C(OH)–C–C–N with tert-alkyl or cyclic N) is 1. The standard InChI is InChI=1S/C17H26N2O2/c1-18-12-17(21,13-18)16-9-5-6-10-19(16)15(11-20)14-7-3-2-4-8-14/h2-4,7-8,15-16,20-21H,5-6,9-13H2,1H3/t15-,16+/m1/s1. The Kier molecular flexibility index (Phi) is 4.31. The van der Waals surface area contributed by atoms with Crippen molar-refractivity contribution in [2.45, 2.75) is 36.9 Å². The van der Waals surface area contributed by atoms with Gasteiger partial charge >= 0.3 is 0 Å². The van der Waals surface area contributed by atoms with E-state index in [1.165, 1.54) is 6.42 Å². The van der Waals surface area contributed by atoms with Gasteiger partial charge in [0.05, 0.1) is 12.6 Å². The molecule has 4 nitrogen and oxygen atoms in total. The maximum Gasteiger partial charge on any atom is 0.105 e. The predicted octanol–water partition coefficient (Wildman–Crippen LogP) is 1.25. The summed E-state index contributed by atoms with van der Waals surface area (Å²) < 4.78 is 0. The highest BCUT2D eigenvalue weighted by Gasteiger charge is 2.49. The number of rotatable bonds is 4. The van der Waals surface area contributed by atoms with Crippen LogP contribution in [0.5, 0.6) is 0 Å². The summed E-state index contributed by atoms with van der Waals surface area (Å²) in [6.45, 7) is 2.53. The van der Waals surface area contributed by atoms with Gasteiger partial charge in [-0.3, -0.25) is 4.90 Å². The molecule has 0 bridgehead atoms. The molecule has 1 aromatic rings. The zero-order valence-electron chi connectivity index (χ0n) is 12.8. The Morgan fingerprint density at radius 3 is 2.57 bits per heavy atom. The summed E-state index contributed by atoms with van der Waals surface area (Å²) in [5.74, 6) is 0. The lowest BCUT2D eigenvalue weighted by atomic mass is 9.79. The average Bonchev–Trinajstić information content (AvgIpc) is 2.48. The molecule has 0 unspecified atom stereocenters. The van der Waals surface area contributed by atoms with E-state index in [0.29, 0.717) is 0 Å². The summed E-state index contributed by atoms with van der Waals surface area (Å²) >= 11 is 0. The van der Waals surface area contributed by atoms with E-state index in [1.54, 1.807) is 0 Å². The Labute approximate surface area is 127 Å². The molecule has 0 saturated carbocycles. The number of piperidine rings is 1. The molecule has 1 aromatic carbocycles. The molecule has 4 heteroatoms. The third-order valence-electron chi connectivity index (χ3n) is 5.01. The van der Waals surface area contributed by atoms with E-state index in [0.717, 1.165) is 38.0 Å². The molecule has 2 aliphatic rings. The van der Waals surface area contributed by atoms with Crippen molar-refractivity contribution >= 4 is 0 Å². The number of aliphatic hydroxyl groups excluding tert-OH is 1. The van der Waals surface area contributed by atoms with Crippen LogP contribution in [-0.4, -0.2) is 64.9 Å². The van der Waals surface area contributed by atoms with Gasteiger partial charge in [0.1, 0.15) is 5.60 Å². The van der Waals surface area contributed by atoms with Crippen LogP contribution < -0.4 is 0 Å². The van der Waals surface area contributed by atoms with Crippen LogP contribution in [-0.2, 0) is 0 Å².